The Morgan fingerprint density at radius 1 is 1.11 bits per heavy atom. The van der Waals surface area contributed by atoms with Crippen molar-refractivity contribution in [2.24, 2.45) is 0 Å². The quantitative estimate of drug-likeness (QED) is 0.741. The molecular weight excluding hydrogens is 376 g/mol. The number of halogens is 2. The van der Waals surface area contributed by atoms with Crippen molar-refractivity contribution in [3.05, 3.63) is 59.7 Å². The summed E-state index contributed by atoms with van der Waals surface area (Å²) < 4.78 is 51.4. The molecule has 0 fully saturated rings. The molecule has 6 nitrogen and oxygen atoms in total. The van der Waals surface area contributed by atoms with E-state index in [4.69, 9.17) is 0 Å². The summed E-state index contributed by atoms with van der Waals surface area (Å²) in [6.45, 7) is 1.85. The van der Waals surface area contributed by atoms with E-state index in [1.54, 1.807) is 12.2 Å². The number of nitrogens with zero attached hydrogens (tertiary/aromatic N) is 1. The van der Waals surface area contributed by atoms with Crippen LogP contribution in [0, 0.1) is 11.6 Å². The fraction of sp³-hybridized carbons (Fsp3) is 0.278. The minimum Gasteiger partial charge on any atom is -0.333 e. The van der Waals surface area contributed by atoms with Gasteiger partial charge < -0.3 is 10.6 Å². The predicted octanol–water partition coefficient (Wildman–Crippen LogP) is 1.48. The topological polar surface area (TPSA) is 83.1 Å². The van der Waals surface area contributed by atoms with Gasteiger partial charge in [-0.05, 0) is 49.4 Å². The maximum Gasteiger partial charge on any atom is 0.279 e. The summed E-state index contributed by atoms with van der Waals surface area (Å²) in [7, 11) is -0.645. The van der Waals surface area contributed by atoms with Crippen molar-refractivity contribution in [2.45, 2.75) is 17.9 Å². The van der Waals surface area contributed by atoms with Gasteiger partial charge in [-0.3, -0.25) is 4.79 Å². The van der Waals surface area contributed by atoms with Crippen LogP contribution in [-0.2, 0) is 14.8 Å². The van der Waals surface area contributed by atoms with Gasteiger partial charge in [0.25, 0.3) is 5.91 Å². The van der Waals surface area contributed by atoms with Gasteiger partial charge in [0.15, 0.2) is 18.2 Å². The van der Waals surface area contributed by atoms with Crippen molar-refractivity contribution in [3.63, 3.8) is 0 Å². The molecule has 9 heteroatoms. The number of hydrogen-bond acceptors (Lipinski definition) is 3. The number of rotatable bonds is 7. The maximum absolute atomic E-state index is 13.3. The highest BCUT2D eigenvalue weighted by Crippen LogP contribution is 2.16. The Labute approximate surface area is 157 Å². The molecule has 0 saturated carbocycles. The number of benzene rings is 2. The van der Waals surface area contributed by atoms with E-state index in [0.29, 0.717) is 11.3 Å². The Hall–Kier alpha value is -2.36. The lowest BCUT2D eigenvalue weighted by molar-refractivity contribution is -0.682. The Morgan fingerprint density at radius 3 is 2.30 bits per heavy atom. The van der Waals surface area contributed by atoms with Crippen LogP contribution < -0.4 is 10.6 Å². The fourth-order valence-electron chi connectivity index (χ4n) is 2.35. The summed E-state index contributed by atoms with van der Waals surface area (Å²) in [5.41, 5.74) is 1.03. The van der Waals surface area contributed by atoms with Crippen LogP contribution in [0.3, 0.4) is 0 Å². The minimum absolute atomic E-state index is 0.0674. The molecule has 2 aromatic rings. The van der Waals surface area contributed by atoms with E-state index >= 15 is 0 Å². The lowest BCUT2D eigenvalue weighted by Crippen LogP contribution is -2.86. The molecule has 1 amide bonds. The van der Waals surface area contributed by atoms with Gasteiger partial charge in [-0.2, -0.15) is 0 Å². The van der Waals surface area contributed by atoms with E-state index in [9.17, 15) is 22.0 Å². The van der Waals surface area contributed by atoms with Gasteiger partial charge in [0.05, 0.1) is 4.90 Å². The summed E-state index contributed by atoms with van der Waals surface area (Å²) in [5.74, 6) is -2.14. The highest BCUT2D eigenvalue weighted by molar-refractivity contribution is 7.89. The van der Waals surface area contributed by atoms with Crippen LogP contribution in [0.1, 0.15) is 18.5 Å². The Morgan fingerprint density at radius 2 is 1.74 bits per heavy atom. The normalized spacial score (nSPS) is 12.8. The monoisotopic (exact) mass is 398 g/mol. The molecule has 27 heavy (non-hydrogen) atoms. The van der Waals surface area contributed by atoms with Crippen molar-refractivity contribution >= 4 is 21.6 Å². The number of nitrogens with two attached hydrogens (primary N) is 1. The zero-order valence-electron chi connectivity index (χ0n) is 15.2. The molecule has 0 bridgehead atoms. The first-order valence-corrected chi connectivity index (χ1v) is 9.66. The lowest BCUT2D eigenvalue weighted by atomic mass is 10.1. The zero-order valence-corrected chi connectivity index (χ0v) is 16.1. The third kappa shape index (κ3) is 5.31. The number of sulfonamides is 1. The van der Waals surface area contributed by atoms with Gasteiger partial charge in [-0.1, -0.05) is 0 Å². The van der Waals surface area contributed by atoms with Crippen LogP contribution in [0.2, 0.25) is 0 Å². The molecule has 3 N–H and O–H groups in total. The SMILES string of the molecule is C[C@H]([NH2+]CC(=O)Nc1ccc(S(=O)(=O)N(C)C)cc1)c1ccc(F)c(F)c1. The summed E-state index contributed by atoms with van der Waals surface area (Å²) >= 11 is 0. The van der Waals surface area contributed by atoms with Crippen LogP contribution in [0.25, 0.3) is 0 Å². The fourth-order valence-corrected chi connectivity index (χ4v) is 3.25. The maximum atomic E-state index is 13.3. The highest BCUT2D eigenvalue weighted by Gasteiger charge is 2.17. The smallest absolute Gasteiger partial charge is 0.279 e. The Kier molecular flexibility index (Phi) is 6.63. The van der Waals surface area contributed by atoms with Crippen LogP contribution >= 0.6 is 0 Å². The molecule has 146 valence electrons. The van der Waals surface area contributed by atoms with Gasteiger partial charge in [0.1, 0.15) is 6.04 Å². The average Bonchev–Trinajstić information content (AvgIpc) is 2.62. The molecule has 2 aromatic carbocycles. The van der Waals surface area contributed by atoms with Crippen molar-refractivity contribution < 1.29 is 27.3 Å². The number of quaternary nitrogens is 1. The van der Waals surface area contributed by atoms with Crippen LogP contribution in [0.15, 0.2) is 47.4 Å². The average molecular weight is 398 g/mol. The van der Waals surface area contributed by atoms with Crippen molar-refractivity contribution in [1.82, 2.24) is 4.31 Å². The first-order valence-electron chi connectivity index (χ1n) is 8.22. The van der Waals surface area contributed by atoms with Crippen molar-refractivity contribution in [1.29, 1.82) is 0 Å². The first kappa shape index (κ1) is 20.9. The zero-order chi connectivity index (χ0) is 20.2. The Bertz CT molecular complexity index is 916. The summed E-state index contributed by atoms with van der Waals surface area (Å²) in [4.78, 5) is 12.2. The third-order valence-corrected chi connectivity index (χ3v) is 5.87. The molecule has 0 aromatic heterocycles. The third-order valence-electron chi connectivity index (χ3n) is 4.04. The molecular formula is C18H22F2N3O3S+. The van der Waals surface area contributed by atoms with Crippen molar-refractivity contribution in [3.8, 4) is 0 Å². The number of carbonyl (C=O) groups is 1. The molecule has 0 aliphatic heterocycles. The second-order valence-corrected chi connectivity index (χ2v) is 8.41. The number of carbonyl (C=O) groups excluding carboxylic acids is 1. The first-order chi connectivity index (χ1) is 12.6. The molecule has 0 radical (unpaired) electrons. The standard InChI is InChI=1S/C18H21F2N3O3S/c1-12(13-4-9-16(19)17(20)10-13)21-11-18(24)22-14-5-7-15(8-6-14)27(25,26)23(2)3/h4-10,12,21H,11H2,1-3H3,(H,22,24)/p+1/t12-/m0/s1. The Balaban J connectivity index is 1.93. The van der Waals surface area contributed by atoms with E-state index in [1.165, 1.54) is 44.4 Å². The summed E-state index contributed by atoms with van der Waals surface area (Å²) in [5, 5.41) is 4.35. The molecule has 0 spiro atoms. The number of nitrogens with one attached hydrogen (secondary N) is 1. The van der Waals surface area contributed by atoms with E-state index in [2.05, 4.69) is 5.32 Å². The molecule has 0 saturated heterocycles. The van der Waals surface area contributed by atoms with Crippen LogP contribution in [0.5, 0.6) is 0 Å². The number of hydrogen-bond donors (Lipinski definition) is 2. The second kappa shape index (κ2) is 8.55. The lowest BCUT2D eigenvalue weighted by Gasteiger charge is -2.13. The van der Waals surface area contributed by atoms with E-state index in [-0.39, 0.29) is 23.4 Å². The number of amides is 1. The minimum atomic E-state index is -3.52. The van der Waals surface area contributed by atoms with E-state index < -0.39 is 21.7 Å². The van der Waals surface area contributed by atoms with E-state index in [1.807, 2.05) is 0 Å². The molecule has 0 heterocycles. The second-order valence-electron chi connectivity index (χ2n) is 6.26. The van der Waals surface area contributed by atoms with Gasteiger partial charge in [-0.15, -0.1) is 0 Å². The summed E-state index contributed by atoms with van der Waals surface area (Å²) in [6, 6.07) is 9.24. The van der Waals surface area contributed by atoms with Crippen molar-refractivity contribution in [2.75, 3.05) is 26.0 Å². The largest absolute Gasteiger partial charge is 0.333 e. The summed E-state index contributed by atoms with van der Waals surface area (Å²) in [6.07, 6.45) is 0. The highest BCUT2D eigenvalue weighted by atomic mass is 32.2. The van der Waals surface area contributed by atoms with Gasteiger partial charge in [0.2, 0.25) is 10.0 Å². The van der Waals surface area contributed by atoms with Crippen LogP contribution in [0.4, 0.5) is 14.5 Å². The van der Waals surface area contributed by atoms with Gasteiger partial charge >= 0.3 is 0 Å². The molecule has 2 rings (SSSR count). The van der Waals surface area contributed by atoms with Crippen LogP contribution in [-0.4, -0.2) is 39.3 Å². The molecule has 1 atom stereocenters. The number of anilines is 1. The predicted molar refractivity (Wildman–Crippen MR) is 97.5 cm³/mol. The van der Waals surface area contributed by atoms with E-state index in [0.717, 1.165) is 16.4 Å². The molecule has 0 unspecified atom stereocenters. The molecule has 0 aliphatic rings. The van der Waals surface area contributed by atoms with Gasteiger partial charge in [-0.25, -0.2) is 21.5 Å². The molecule has 0 aliphatic carbocycles. The van der Waals surface area contributed by atoms with Gasteiger partial charge in [0, 0.05) is 25.3 Å².